The lowest BCUT2D eigenvalue weighted by Gasteiger charge is -2.11. The van der Waals surface area contributed by atoms with E-state index in [-0.39, 0.29) is 5.41 Å². The summed E-state index contributed by atoms with van der Waals surface area (Å²) in [6.07, 6.45) is 0. The molecule has 0 spiro atoms. The predicted molar refractivity (Wildman–Crippen MR) is 54.1 cm³/mol. The van der Waals surface area contributed by atoms with Crippen LogP contribution in [-0.4, -0.2) is 30.4 Å². The first-order valence-corrected chi connectivity index (χ1v) is 5.15. The van der Waals surface area contributed by atoms with E-state index in [1.165, 1.54) is 11.3 Å². The van der Waals surface area contributed by atoms with E-state index >= 15 is 0 Å². The summed E-state index contributed by atoms with van der Waals surface area (Å²) >= 11 is 1.33. The third-order valence-electron chi connectivity index (χ3n) is 1.71. The molecule has 2 aromatic heterocycles. The lowest BCUT2D eigenvalue weighted by Crippen LogP contribution is -2.15. The van der Waals surface area contributed by atoms with Crippen LogP contribution in [0.1, 0.15) is 25.8 Å². The maximum absolute atomic E-state index is 11.2. The molecule has 2 aromatic rings. The fourth-order valence-corrected chi connectivity index (χ4v) is 1.78. The minimum atomic E-state index is -0.411. The van der Waals surface area contributed by atoms with Crippen molar-refractivity contribution in [3.05, 3.63) is 15.5 Å². The van der Waals surface area contributed by atoms with Crippen LogP contribution in [0.2, 0.25) is 0 Å². The first kappa shape index (κ1) is 9.97. The van der Waals surface area contributed by atoms with Crippen molar-refractivity contribution in [2.45, 2.75) is 26.2 Å². The van der Waals surface area contributed by atoms with Crippen molar-refractivity contribution in [1.82, 2.24) is 30.4 Å². The van der Waals surface area contributed by atoms with Crippen molar-refractivity contribution < 1.29 is 0 Å². The highest BCUT2D eigenvalue weighted by Crippen LogP contribution is 2.25. The van der Waals surface area contributed by atoms with Crippen LogP contribution >= 0.6 is 11.3 Å². The maximum Gasteiger partial charge on any atom is 0.368 e. The average molecular weight is 226 g/mol. The molecule has 0 radical (unpaired) electrons. The molecule has 0 atom stereocenters. The molecule has 0 aromatic carbocycles. The molecule has 7 nitrogen and oxygen atoms in total. The number of tetrazole rings is 1. The third-order valence-corrected chi connectivity index (χ3v) is 3.03. The number of nitrogens with zero attached hydrogens (tertiary/aromatic N) is 5. The van der Waals surface area contributed by atoms with Gasteiger partial charge in [0.05, 0.1) is 0 Å². The van der Waals surface area contributed by atoms with Gasteiger partial charge in [0, 0.05) is 5.41 Å². The molecule has 2 rings (SSSR count). The van der Waals surface area contributed by atoms with Gasteiger partial charge < -0.3 is 0 Å². The Labute approximate surface area is 89.1 Å². The van der Waals surface area contributed by atoms with E-state index < -0.39 is 5.69 Å². The normalized spacial score (nSPS) is 11.9. The Morgan fingerprint density at radius 1 is 1.33 bits per heavy atom. The van der Waals surface area contributed by atoms with Crippen LogP contribution in [0.3, 0.4) is 0 Å². The minimum Gasteiger partial charge on any atom is -0.244 e. The van der Waals surface area contributed by atoms with Crippen molar-refractivity contribution in [3.63, 3.8) is 0 Å². The zero-order valence-electron chi connectivity index (χ0n) is 8.55. The maximum atomic E-state index is 11.2. The van der Waals surface area contributed by atoms with Gasteiger partial charge in [-0.1, -0.05) is 32.1 Å². The molecule has 8 heteroatoms. The molecule has 0 saturated carbocycles. The van der Waals surface area contributed by atoms with Gasteiger partial charge in [0.2, 0.25) is 5.13 Å². The summed E-state index contributed by atoms with van der Waals surface area (Å²) in [4.78, 5) is 11.2. The molecule has 0 aliphatic carbocycles. The second-order valence-electron chi connectivity index (χ2n) is 4.06. The van der Waals surface area contributed by atoms with Gasteiger partial charge in [0.25, 0.3) is 0 Å². The van der Waals surface area contributed by atoms with Crippen LogP contribution in [0.4, 0.5) is 0 Å². The Morgan fingerprint density at radius 2 is 2.07 bits per heavy atom. The van der Waals surface area contributed by atoms with Crippen LogP contribution in [0.5, 0.6) is 0 Å². The number of hydrogen-bond acceptors (Lipinski definition) is 6. The predicted octanol–water partition coefficient (Wildman–Crippen LogP) is 0.105. The molecular formula is C7H10N6OS. The smallest absolute Gasteiger partial charge is 0.244 e. The van der Waals surface area contributed by atoms with Crippen molar-refractivity contribution in [2.75, 3.05) is 0 Å². The quantitative estimate of drug-likeness (QED) is 0.745. The Kier molecular flexibility index (Phi) is 2.14. The second kappa shape index (κ2) is 3.23. The molecule has 15 heavy (non-hydrogen) atoms. The molecule has 0 saturated heterocycles. The summed E-state index contributed by atoms with van der Waals surface area (Å²) in [5.41, 5.74) is -0.491. The molecule has 1 N–H and O–H groups in total. The van der Waals surface area contributed by atoms with E-state index in [2.05, 4.69) is 25.7 Å². The summed E-state index contributed by atoms with van der Waals surface area (Å²) in [6.45, 7) is 6.09. The SMILES string of the molecule is CC(C)(C)c1nnc(-n2nn[nH]c2=O)s1. The molecule has 0 amide bonds. The first-order chi connectivity index (χ1) is 6.98. The zero-order valence-corrected chi connectivity index (χ0v) is 9.37. The van der Waals surface area contributed by atoms with Crippen molar-refractivity contribution >= 4 is 11.3 Å². The topological polar surface area (TPSA) is 89.3 Å². The highest BCUT2D eigenvalue weighted by molar-refractivity contribution is 7.13. The van der Waals surface area contributed by atoms with Gasteiger partial charge in [0.15, 0.2) is 0 Å². The van der Waals surface area contributed by atoms with Gasteiger partial charge in [-0.2, -0.15) is 0 Å². The van der Waals surface area contributed by atoms with E-state index in [0.29, 0.717) is 5.13 Å². The minimum absolute atomic E-state index is 0.0801. The number of nitrogens with one attached hydrogen (secondary N) is 1. The Bertz CT molecular complexity index is 518. The van der Waals surface area contributed by atoms with Crippen LogP contribution in [-0.2, 0) is 5.41 Å². The van der Waals surface area contributed by atoms with Crippen LogP contribution in [0, 0.1) is 0 Å². The molecule has 0 bridgehead atoms. The van der Waals surface area contributed by atoms with Gasteiger partial charge in [-0.25, -0.2) is 9.89 Å². The van der Waals surface area contributed by atoms with Crippen LogP contribution in [0.15, 0.2) is 4.79 Å². The summed E-state index contributed by atoms with van der Waals surface area (Å²) < 4.78 is 1.09. The van der Waals surface area contributed by atoms with Crippen LogP contribution in [0.25, 0.3) is 5.13 Å². The van der Waals surface area contributed by atoms with E-state index in [9.17, 15) is 4.79 Å². The molecule has 80 valence electrons. The van der Waals surface area contributed by atoms with Gasteiger partial charge in [0.1, 0.15) is 5.01 Å². The summed E-state index contributed by atoms with van der Waals surface area (Å²) in [5, 5.41) is 18.4. The number of hydrogen-bond donors (Lipinski definition) is 1. The number of aromatic amines is 1. The highest BCUT2D eigenvalue weighted by Gasteiger charge is 2.20. The lowest BCUT2D eigenvalue weighted by atomic mass is 9.98. The Morgan fingerprint density at radius 3 is 2.53 bits per heavy atom. The van der Waals surface area contributed by atoms with Gasteiger partial charge in [-0.05, 0) is 10.4 Å². The van der Waals surface area contributed by atoms with E-state index in [0.717, 1.165) is 9.69 Å². The van der Waals surface area contributed by atoms with E-state index in [1.807, 2.05) is 20.8 Å². The fourth-order valence-electron chi connectivity index (χ4n) is 0.927. The lowest BCUT2D eigenvalue weighted by molar-refractivity contribution is 0.577. The molecule has 0 aliphatic rings. The zero-order chi connectivity index (χ0) is 11.1. The van der Waals surface area contributed by atoms with Crippen LogP contribution < -0.4 is 5.69 Å². The largest absolute Gasteiger partial charge is 0.368 e. The van der Waals surface area contributed by atoms with Gasteiger partial charge in [-0.3, -0.25) is 0 Å². The molecule has 0 fully saturated rings. The number of H-pyrrole nitrogens is 1. The van der Waals surface area contributed by atoms with E-state index in [1.54, 1.807) is 0 Å². The second-order valence-corrected chi connectivity index (χ2v) is 5.01. The first-order valence-electron chi connectivity index (χ1n) is 4.33. The monoisotopic (exact) mass is 226 g/mol. The molecule has 0 unspecified atom stereocenters. The summed E-state index contributed by atoms with van der Waals surface area (Å²) in [7, 11) is 0. The molecule has 2 heterocycles. The average Bonchev–Trinajstić information content (AvgIpc) is 2.69. The van der Waals surface area contributed by atoms with Gasteiger partial charge >= 0.3 is 5.69 Å². The Balaban J connectivity index is 2.45. The van der Waals surface area contributed by atoms with E-state index in [4.69, 9.17) is 0 Å². The number of rotatable bonds is 1. The summed E-state index contributed by atoms with van der Waals surface area (Å²) in [6, 6.07) is 0. The fraction of sp³-hybridized carbons (Fsp3) is 0.571. The standard InChI is InChI=1S/C7H10N6OS/c1-7(2,3)4-8-10-6(15-4)13-5(14)9-11-12-13/h1-3H3,(H,9,12,14). The number of aromatic nitrogens is 6. The van der Waals surface area contributed by atoms with Crippen molar-refractivity contribution in [1.29, 1.82) is 0 Å². The van der Waals surface area contributed by atoms with Crippen molar-refractivity contribution in [2.24, 2.45) is 0 Å². The summed E-state index contributed by atoms with van der Waals surface area (Å²) in [5.74, 6) is 0. The van der Waals surface area contributed by atoms with Gasteiger partial charge in [-0.15, -0.1) is 14.9 Å². The Hall–Kier alpha value is -1.57. The molecular weight excluding hydrogens is 216 g/mol. The molecule has 0 aliphatic heterocycles. The van der Waals surface area contributed by atoms with Crippen molar-refractivity contribution in [3.8, 4) is 5.13 Å². The third kappa shape index (κ3) is 1.80. The highest BCUT2D eigenvalue weighted by atomic mass is 32.1.